The molecule has 0 aromatic carbocycles. The molecule has 1 aliphatic rings. The first-order valence-corrected chi connectivity index (χ1v) is 6.88. The van der Waals surface area contributed by atoms with Gasteiger partial charge in [0.2, 0.25) is 0 Å². The second-order valence-corrected chi connectivity index (χ2v) is 6.72. The van der Waals surface area contributed by atoms with Crippen LogP contribution in [0.2, 0.25) is 0 Å². The van der Waals surface area contributed by atoms with Crippen LogP contribution in [0, 0.1) is 0 Å². The number of hydrogen-bond donors (Lipinski definition) is 1. The Morgan fingerprint density at radius 1 is 1.29 bits per heavy atom. The summed E-state index contributed by atoms with van der Waals surface area (Å²) in [6.07, 6.45) is 5.72. The van der Waals surface area contributed by atoms with Crippen LogP contribution in [0.4, 0.5) is 0 Å². The maximum atomic E-state index is 6.24. The molecule has 2 heteroatoms. The molecule has 0 amide bonds. The van der Waals surface area contributed by atoms with Crippen molar-refractivity contribution in [3.05, 3.63) is 11.6 Å². The summed E-state index contributed by atoms with van der Waals surface area (Å²) in [5, 5.41) is 0. The number of likely N-dealkylation sites (tertiary alicyclic amines) is 1. The fourth-order valence-corrected chi connectivity index (χ4v) is 3.31. The zero-order chi connectivity index (χ0) is 13.3. The smallest absolute Gasteiger partial charge is 0.0202 e. The van der Waals surface area contributed by atoms with Crippen LogP contribution in [0.5, 0.6) is 0 Å². The monoisotopic (exact) mass is 238 g/mol. The molecular formula is C15H30N2. The summed E-state index contributed by atoms with van der Waals surface area (Å²) in [5.41, 5.74) is 8.08. The van der Waals surface area contributed by atoms with Crippen LogP contribution >= 0.6 is 0 Å². The summed E-state index contributed by atoms with van der Waals surface area (Å²) in [6.45, 7) is 14.7. The molecule has 2 nitrogen and oxygen atoms in total. The van der Waals surface area contributed by atoms with Crippen molar-refractivity contribution in [1.82, 2.24) is 4.90 Å². The summed E-state index contributed by atoms with van der Waals surface area (Å²) in [5.74, 6) is 0. The van der Waals surface area contributed by atoms with E-state index in [1.165, 1.54) is 12.0 Å². The Balaban J connectivity index is 2.96. The highest BCUT2D eigenvalue weighted by Gasteiger charge is 2.45. The zero-order valence-electron chi connectivity index (χ0n) is 12.5. The van der Waals surface area contributed by atoms with Crippen molar-refractivity contribution in [2.75, 3.05) is 6.54 Å². The quantitative estimate of drug-likeness (QED) is 0.764. The predicted octanol–water partition coefficient (Wildman–Crippen LogP) is 3.32. The average Bonchev–Trinajstić information content (AvgIpc) is 2.14. The van der Waals surface area contributed by atoms with Gasteiger partial charge in [0.15, 0.2) is 0 Å². The lowest BCUT2D eigenvalue weighted by atomic mass is 9.75. The van der Waals surface area contributed by atoms with Crippen LogP contribution in [0.3, 0.4) is 0 Å². The van der Waals surface area contributed by atoms with Gasteiger partial charge >= 0.3 is 0 Å². The van der Waals surface area contributed by atoms with E-state index in [0.717, 1.165) is 19.4 Å². The standard InChI is InChI=1S/C15H30N2/c1-7-15(6)11-13(16)10-14(4,5)17(15)9-8-12(2)3/h8,13H,7,9-11,16H2,1-6H3. The van der Waals surface area contributed by atoms with Gasteiger partial charge in [0.25, 0.3) is 0 Å². The van der Waals surface area contributed by atoms with Gasteiger partial charge in [0.1, 0.15) is 0 Å². The van der Waals surface area contributed by atoms with E-state index >= 15 is 0 Å². The topological polar surface area (TPSA) is 29.3 Å². The van der Waals surface area contributed by atoms with Crippen molar-refractivity contribution in [3.63, 3.8) is 0 Å². The molecule has 2 unspecified atom stereocenters. The second-order valence-electron chi connectivity index (χ2n) is 6.72. The van der Waals surface area contributed by atoms with E-state index in [0.29, 0.717) is 6.04 Å². The molecule has 0 radical (unpaired) electrons. The Morgan fingerprint density at radius 3 is 2.35 bits per heavy atom. The van der Waals surface area contributed by atoms with Gasteiger partial charge in [-0.05, 0) is 53.9 Å². The highest BCUT2D eigenvalue weighted by molar-refractivity contribution is 5.06. The molecule has 0 bridgehead atoms. The van der Waals surface area contributed by atoms with Gasteiger partial charge in [-0.15, -0.1) is 0 Å². The first-order chi connectivity index (χ1) is 7.71. The van der Waals surface area contributed by atoms with E-state index < -0.39 is 0 Å². The number of rotatable bonds is 3. The fraction of sp³-hybridized carbons (Fsp3) is 0.867. The maximum Gasteiger partial charge on any atom is 0.0202 e. The summed E-state index contributed by atoms with van der Waals surface area (Å²) in [7, 11) is 0. The van der Waals surface area contributed by atoms with Crippen LogP contribution in [-0.2, 0) is 0 Å². The van der Waals surface area contributed by atoms with Gasteiger partial charge in [-0.2, -0.15) is 0 Å². The minimum absolute atomic E-state index is 0.203. The summed E-state index contributed by atoms with van der Waals surface area (Å²) in [6, 6.07) is 0.345. The van der Waals surface area contributed by atoms with Crippen molar-refractivity contribution in [1.29, 1.82) is 0 Å². The van der Waals surface area contributed by atoms with E-state index in [9.17, 15) is 0 Å². The minimum Gasteiger partial charge on any atom is -0.328 e. The molecule has 1 aliphatic heterocycles. The normalized spacial score (nSPS) is 33.5. The van der Waals surface area contributed by atoms with Gasteiger partial charge in [-0.25, -0.2) is 0 Å². The Hall–Kier alpha value is -0.340. The third-order valence-electron chi connectivity index (χ3n) is 4.29. The number of nitrogens with two attached hydrogens (primary N) is 1. The molecule has 0 aromatic heterocycles. The Morgan fingerprint density at radius 2 is 1.88 bits per heavy atom. The number of nitrogens with zero attached hydrogens (tertiary/aromatic N) is 1. The average molecular weight is 238 g/mol. The van der Waals surface area contributed by atoms with E-state index in [2.05, 4.69) is 52.5 Å². The molecular weight excluding hydrogens is 208 g/mol. The molecule has 2 N–H and O–H groups in total. The molecule has 100 valence electrons. The minimum atomic E-state index is 0.203. The Bertz CT molecular complexity index is 289. The highest BCUT2D eigenvalue weighted by atomic mass is 15.3. The third kappa shape index (κ3) is 3.32. The zero-order valence-corrected chi connectivity index (χ0v) is 12.5. The molecule has 0 aliphatic carbocycles. The first kappa shape index (κ1) is 14.7. The summed E-state index contributed by atoms with van der Waals surface area (Å²) < 4.78 is 0. The van der Waals surface area contributed by atoms with Crippen LogP contribution in [0.25, 0.3) is 0 Å². The second kappa shape index (κ2) is 5.11. The molecule has 1 fully saturated rings. The Kier molecular flexibility index (Phi) is 4.43. The summed E-state index contributed by atoms with van der Waals surface area (Å²) in [4.78, 5) is 2.65. The van der Waals surface area contributed by atoms with Crippen molar-refractivity contribution in [2.45, 2.75) is 77.9 Å². The molecule has 0 saturated carbocycles. The van der Waals surface area contributed by atoms with Crippen LogP contribution in [-0.4, -0.2) is 28.6 Å². The maximum absolute atomic E-state index is 6.24. The van der Waals surface area contributed by atoms with Crippen LogP contribution < -0.4 is 5.73 Å². The van der Waals surface area contributed by atoms with Crippen LogP contribution in [0.15, 0.2) is 11.6 Å². The van der Waals surface area contributed by atoms with Crippen molar-refractivity contribution in [2.24, 2.45) is 5.73 Å². The lowest BCUT2D eigenvalue weighted by Gasteiger charge is -2.56. The Labute approximate surface area is 107 Å². The van der Waals surface area contributed by atoms with Crippen molar-refractivity contribution < 1.29 is 0 Å². The lowest BCUT2D eigenvalue weighted by molar-refractivity contribution is -0.0375. The molecule has 1 saturated heterocycles. The van der Waals surface area contributed by atoms with E-state index in [-0.39, 0.29) is 11.1 Å². The molecule has 1 heterocycles. The lowest BCUT2D eigenvalue weighted by Crippen LogP contribution is -2.64. The van der Waals surface area contributed by atoms with E-state index in [1.807, 2.05) is 0 Å². The van der Waals surface area contributed by atoms with E-state index in [4.69, 9.17) is 5.73 Å². The van der Waals surface area contributed by atoms with Crippen LogP contribution in [0.1, 0.15) is 60.8 Å². The predicted molar refractivity (Wildman–Crippen MR) is 76.1 cm³/mol. The van der Waals surface area contributed by atoms with Crippen molar-refractivity contribution >= 4 is 0 Å². The molecule has 0 aromatic rings. The number of allylic oxidation sites excluding steroid dienone is 1. The fourth-order valence-electron chi connectivity index (χ4n) is 3.31. The van der Waals surface area contributed by atoms with E-state index in [1.54, 1.807) is 0 Å². The molecule has 2 atom stereocenters. The highest BCUT2D eigenvalue weighted by Crippen LogP contribution is 2.39. The van der Waals surface area contributed by atoms with Gasteiger partial charge in [0.05, 0.1) is 0 Å². The third-order valence-corrected chi connectivity index (χ3v) is 4.29. The first-order valence-electron chi connectivity index (χ1n) is 6.88. The summed E-state index contributed by atoms with van der Waals surface area (Å²) >= 11 is 0. The molecule has 17 heavy (non-hydrogen) atoms. The largest absolute Gasteiger partial charge is 0.328 e. The van der Waals surface area contributed by atoms with Gasteiger partial charge in [-0.3, -0.25) is 4.90 Å². The number of hydrogen-bond acceptors (Lipinski definition) is 2. The SMILES string of the molecule is CCC1(C)CC(N)CC(C)(C)N1CC=C(C)C. The van der Waals surface area contributed by atoms with Crippen molar-refractivity contribution in [3.8, 4) is 0 Å². The van der Waals surface area contributed by atoms with Gasteiger partial charge in [-0.1, -0.05) is 18.6 Å². The molecule has 1 rings (SSSR count). The molecule has 0 spiro atoms. The van der Waals surface area contributed by atoms with Gasteiger partial charge < -0.3 is 5.73 Å². The number of piperidine rings is 1. The van der Waals surface area contributed by atoms with Gasteiger partial charge in [0, 0.05) is 23.7 Å².